The second-order valence-corrected chi connectivity index (χ2v) is 5.94. The molecule has 1 amide bonds. The summed E-state index contributed by atoms with van der Waals surface area (Å²) in [5, 5.41) is 0.700. The summed E-state index contributed by atoms with van der Waals surface area (Å²) >= 11 is 6.36. The highest BCUT2D eigenvalue weighted by Gasteiger charge is 2.17. The van der Waals surface area contributed by atoms with Crippen molar-refractivity contribution in [2.24, 2.45) is 0 Å². The van der Waals surface area contributed by atoms with Crippen LogP contribution < -0.4 is 4.74 Å². The third kappa shape index (κ3) is 3.32. The van der Waals surface area contributed by atoms with Crippen LogP contribution in [0.25, 0.3) is 11.1 Å². The predicted octanol–water partition coefficient (Wildman–Crippen LogP) is 3.98. The number of aryl methyl sites for hydroxylation is 1. The van der Waals surface area contributed by atoms with Gasteiger partial charge in [-0.1, -0.05) is 24.6 Å². The summed E-state index contributed by atoms with van der Waals surface area (Å²) in [5.41, 5.74) is 4.20. The molecule has 0 fully saturated rings. The molecule has 1 aromatic carbocycles. The number of carbonyl (C=O) groups is 1. The summed E-state index contributed by atoms with van der Waals surface area (Å²) in [7, 11) is 5.06. The number of methoxy groups -OCH3 is 1. The Labute approximate surface area is 142 Å². The van der Waals surface area contributed by atoms with Gasteiger partial charge in [-0.25, -0.2) is 0 Å². The van der Waals surface area contributed by atoms with Gasteiger partial charge < -0.3 is 9.64 Å². The summed E-state index contributed by atoms with van der Waals surface area (Å²) in [6.45, 7) is 4.02. The quantitative estimate of drug-likeness (QED) is 0.850. The Morgan fingerprint density at radius 3 is 2.52 bits per heavy atom. The van der Waals surface area contributed by atoms with Crippen molar-refractivity contribution >= 4 is 17.5 Å². The van der Waals surface area contributed by atoms with E-state index in [1.54, 1.807) is 33.5 Å². The van der Waals surface area contributed by atoms with Crippen LogP contribution in [0.1, 0.15) is 28.5 Å². The Bertz CT molecular complexity index is 725. The van der Waals surface area contributed by atoms with E-state index < -0.39 is 0 Å². The first kappa shape index (κ1) is 17.3. The minimum Gasteiger partial charge on any atom is -0.496 e. The van der Waals surface area contributed by atoms with E-state index in [9.17, 15) is 4.79 Å². The maximum Gasteiger partial charge on any atom is 0.271 e. The molecule has 23 heavy (non-hydrogen) atoms. The molecule has 0 unspecified atom stereocenters. The van der Waals surface area contributed by atoms with Gasteiger partial charge in [-0.15, -0.1) is 0 Å². The van der Waals surface area contributed by atoms with Crippen molar-refractivity contribution in [1.29, 1.82) is 0 Å². The third-order valence-electron chi connectivity index (χ3n) is 3.82. The molecule has 0 aliphatic carbocycles. The summed E-state index contributed by atoms with van der Waals surface area (Å²) in [6.07, 6.45) is 2.51. The van der Waals surface area contributed by atoms with Gasteiger partial charge in [0.15, 0.2) is 0 Å². The van der Waals surface area contributed by atoms with Crippen molar-refractivity contribution in [3.63, 3.8) is 0 Å². The molecule has 1 heterocycles. The van der Waals surface area contributed by atoms with E-state index in [1.165, 1.54) is 4.90 Å². The zero-order chi connectivity index (χ0) is 17.1. The third-order valence-corrected chi connectivity index (χ3v) is 4.21. The van der Waals surface area contributed by atoms with Crippen molar-refractivity contribution in [1.82, 2.24) is 9.88 Å². The normalized spacial score (nSPS) is 10.5. The number of nitrogens with zero attached hydrogens (tertiary/aromatic N) is 2. The number of hydrogen-bond acceptors (Lipinski definition) is 3. The van der Waals surface area contributed by atoms with E-state index in [-0.39, 0.29) is 5.91 Å². The first-order valence-corrected chi connectivity index (χ1v) is 7.82. The van der Waals surface area contributed by atoms with Gasteiger partial charge >= 0.3 is 0 Å². The van der Waals surface area contributed by atoms with Crippen molar-refractivity contribution < 1.29 is 9.53 Å². The van der Waals surface area contributed by atoms with Gasteiger partial charge in [-0.05, 0) is 36.6 Å². The first-order valence-electron chi connectivity index (χ1n) is 7.44. The maximum absolute atomic E-state index is 12.0. The average molecular weight is 333 g/mol. The second kappa shape index (κ2) is 7.01. The highest BCUT2D eigenvalue weighted by atomic mass is 35.5. The number of hydrogen-bond donors (Lipinski definition) is 0. The number of benzene rings is 1. The van der Waals surface area contributed by atoms with Crippen LogP contribution in [-0.4, -0.2) is 37.0 Å². The summed E-state index contributed by atoms with van der Waals surface area (Å²) in [4.78, 5) is 17.7. The van der Waals surface area contributed by atoms with Crippen LogP contribution in [0.2, 0.25) is 5.02 Å². The van der Waals surface area contributed by atoms with E-state index in [4.69, 9.17) is 16.3 Å². The van der Waals surface area contributed by atoms with E-state index in [0.717, 1.165) is 34.4 Å². The molecular weight excluding hydrogens is 312 g/mol. The molecular formula is C18H21ClN2O2. The molecule has 4 nitrogen and oxygen atoms in total. The van der Waals surface area contributed by atoms with Gasteiger partial charge in [0.25, 0.3) is 5.91 Å². The van der Waals surface area contributed by atoms with Crippen LogP contribution in [0.3, 0.4) is 0 Å². The first-order chi connectivity index (χ1) is 10.9. The molecule has 0 N–H and O–H groups in total. The fourth-order valence-corrected chi connectivity index (χ4v) is 2.74. The molecule has 2 rings (SSSR count). The number of ether oxygens (including phenoxy) is 1. The summed E-state index contributed by atoms with van der Waals surface area (Å²) in [6, 6.07) is 5.55. The lowest BCUT2D eigenvalue weighted by Crippen LogP contribution is -2.22. The molecule has 122 valence electrons. The van der Waals surface area contributed by atoms with E-state index in [1.807, 2.05) is 19.1 Å². The molecule has 5 heteroatoms. The minimum atomic E-state index is -0.124. The molecule has 0 saturated heterocycles. The fourth-order valence-electron chi connectivity index (χ4n) is 2.52. The topological polar surface area (TPSA) is 42.4 Å². The predicted molar refractivity (Wildman–Crippen MR) is 93.4 cm³/mol. The van der Waals surface area contributed by atoms with Crippen molar-refractivity contribution in [2.75, 3.05) is 21.2 Å². The molecule has 0 bridgehead atoms. The Kier molecular flexibility index (Phi) is 5.26. The summed E-state index contributed by atoms with van der Waals surface area (Å²) < 4.78 is 5.61. The average Bonchev–Trinajstić information content (AvgIpc) is 2.56. The molecule has 0 saturated carbocycles. The van der Waals surface area contributed by atoms with E-state index in [0.29, 0.717) is 10.7 Å². The Morgan fingerprint density at radius 2 is 2.04 bits per heavy atom. The van der Waals surface area contributed by atoms with Crippen LogP contribution in [-0.2, 0) is 6.42 Å². The van der Waals surface area contributed by atoms with E-state index >= 15 is 0 Å². The lowest BCUT2D eigenvalue weighted by atomic mass is 9.96. The number of pyridine rings is 1. The lowest BCUT2D eigenvalue weighted by molar-refractivity contribution is 0.0822. The van der Waals surface area contributed by atoms with Crippen LogP contribution in [0, 0.1) is 6.92 Å². The molecule has 0 aliphatic heterocycles. The van der Waals surface area contributed by atoms with Crippen LogP contribution in [0.15, 0.2) is 24.4 Å². The highest BCUT2D eigenvalue weighted by Crippen LogP contribution is 2.39. The number of carbonyl (C=O) groups excluding carboxylic acids is 1. The monoisotopic (exact) mass is 332 g/mol. The Hall–Kier alpha value is -2.07. The standard InChI is InChI=1S/C18H21ClN2O2/c1-6-12-9-14(19)11(2)16(17(12)23-5)13-7-8-15(20-10-13)18(22)21(3)4/h7-10H,6H2,1-5H3. The van der Waals surface area contributed by atoms with Crippen LogP contribution in [0.4, 0.5) is 0 Å². The zero-order valence-corrected chi connectivity index (χ0v) is 14.9. The molecule has 0 radical (unpaired) electrons. The smallest absolute Gasteiger partial charge is 0.271 e. The number of rotatable bonds is 4. The SMILES string of the molecule is CCc1cc(Cl)c(C)c(-c2ccc(C(=O)N(C)C)nc2)c1OC. The molecule has 1 aromatic heterocycles. The van der Waals surface area contributed by atoms with Crippen molar-refractivity contribution in [2.45, 2.75) is 20.3 Å². The number of halogens is 1. The van der Waals surface area contributed by atoms with Gasteiger partial charge in [0, 0.05) is 36.4 Å². The van der Waals surface area contributed by atoms with Crippen molar-refractivity contribution in [3.8, 4) is 16.9 Å². The van der Waals surface area contributed by atoms with Crippen LogP contribution >= 0.6 is 11.6 Å². The lowest BCUT2D eigenvalue weighted by Gasteiger charge is -2.17. The van der Waals surface area contributed by atoms with Gasteiger partial charge in [-0.2, -0.15) is 0 Å². The molecule has 0 atom stereocenters. The largest absolute Gasteiger partial charge is 0.496 e. The molecule has 0 spiro atoms. The minimum absolute atomic E-state index is 0.124. The highest BCUT2D eigenvalue weighted by molar-refractivity contribution is 6.32. The Morgan fingerprint density at radius 1 is 1.35 bits per heavy atom. The maximum atomic E-state index is 12.0. The zero-order valence-electron chi connectivity index (χ0n) is 14.1. The molecule has 0 aliphatic rings. The van der Waals surface area contributed by atoms with Gasteiger partial charge in [0.2, 0.25) is 0 Å². The van der Waals surface area contributed by atoms with Crippen molar-refractivity contribution in [3.05, 3.63) is 46.2 Å². The second-order valence-electron chi connectivity index (χ2n) is 5.54. The van der Waals surface area contributed by atoms with Crippen LogP contribution in [0.5, 0.6) is 5.75 Å². The number of aromatic nitrogens is 1. The molecule has 2 aromatic rings. The van der Waals surface area contributed by atoms with E-state index in [2.05, 4.69) is 11.9 Å². The summed E-state index contributed by atoms with van der Waals surface area (Å²) in [5.74, 6) is 0.684. The van der Waals surface area contributed by atoms with Gasteiger partial charge in [0.05, 0.1) is 7.11 Å². The number of amides is 1. The van der Waals surface area contributed by atoms with Gasteiger partial charge in [-0.3, -0.25) is 9.78 Å². The fraction of sp³-hybridized carbons (Fsp3) is 0.333. The Balaban J connectivity index is 2.58. The van der Waals surface area contributed by atoms with Gasteiger partial charge in [0.1, 0.15) is 11.4 Å².